The van der Waals surface area contributed by atoms with Gasteiger partial charge in [0.1, 0.15) is 5.75 Å². The summed E-state index contributed by atoms with van der Waals surface area (Å²) < 4.78 is 11.0. The van der Waals surface area contributed by atoms with E-state index in [1.54, 1.807) is 31.2 Å². The van der Waals surface area contributed by atoms with E-state index in [2.05, 4.69) is 20.2 Å². The molecule has 0 aliphatic heterocycles. The Hall–Kier alpha value is -2.64. The van der Waals surface area contributed by atoms with E-state index in [9.17, 15) is 4.79 Å². The van der Waals surface area contributed by atoms with Gasteiger partial charge in [-0.1, -0.05) is 23.2 Å². The van der Waals surface area contributed by atoms with E-state index in [1.807, 2.05) is 0 Å². The molecule has 0 unspecified atom stereocenters. The molecule has 0 amide bonds. The van der Waals surface area contributed by atoms with Crippen molar-refractivity contribution in [1.82, 2.24) is 20.2 Å². The summed E-state index contributed by atoms with van der Waals surface area (Å²) in [7, 11) is 0. The first-order valence-corrected chi connectivity index (χ1v) is 7.47. The monoisotopic (exact) mass is 364 g/mol. The van der Waals surface area contributed by atoms with Crippen LogP contribution in [-0.4, -0.2) is 20.2 Å². The molecular formula is C15H10Cl2N4O3. The standard InChI is InChI=1S/C15H10Cl2N4O3/c1-8-6-14(23-11-3-2-9(16)7-10(11)17)19-15(18-8)24-13-5-4-12(22)20-21-13/h2-7H,1H3,(H,20,22). The molecule has 2 aromatic heterocycles. The van der Waals surface area contributed by atoms with Gasteiger partial charge in [0.05, 0.1) is 5.02 Å². The van der Waals surface area contributed by atoms with Gasteiger partial charge in [-0.25, -0.2) is 5.10 Å². The Labute approximate surface area is 146 Å². The minimum absolute atomic E-state index is 0.0228. The van der Waals surface area contributed by atoms with E-state index in [-0.39, 0.29) is 23.3 Å². The number of aryl methyl sites for hydroxylation is 1. The Balaban J connectivity index is 1.85. The molecule has 0 saturated heterocycles. The maximum absolute atomic E-state index is 11.0. The number of H-pyrrole nitrogens is 1. The number of aromatic amines is 1. The number of rotatable bonds is 4. The van der Waals surface area contributed by atoms with Gasteiger partial charge >= 0.3 is 6.01 Å². The molecule has 0 radical (unpaired) electrons. The molecule has 9 heteroatoms. The second-order valence-corrected chi connectivity index (χ2v) is 5.51. The van der Waals surface area contributed by atoms with Crippen LogP contribution in [0.3, 0.4) is 0 Å². The van der Waals surface area contributed by atoms with E-state index in [1.165, 1.54) is 12.1 Å². The van der Waals surface area contributed by atoms with Crippen LogP contribution in [0.4, 0.5) is 0 Å². The molecule has 2 heterocycles. The minimum Gasteiger partial charge on any atom is -0.437 e. The van der Waals surface area contributed by atoms with Crippen LogP contribution in [0.25, 0.3) is 0 Å². The Kier molecular flexibility index (Phi) is 4.64. The third kappa shape index (κ3) is 4.01. The molecule has 0 fully saturated rings. The number of benzene rings is 1. The maximum Gasteiger partial charge on any atom is 0.326 e. The van der Waals surface area contributed by atoms with Crippen molar-refractivity contribution in [1.29, 1.82) is 0 Å². The lowest BCUT2D eigenvalue weighted by Gasteiger charge is -2.09. The minimum atomic E-state index is -0.339. The van der Waals surface area contributed by atoms with E-state index in [4.69, 9.17) is 32.7 Å². The highest BCUT2D eigenvalue weighted by Gasteiger charge is 2.10. The molecule has 3 rings (SSSR count). The van der Waals surface area contributed by atoms with Crippen LogP contribution in [-0.2, 0) is 0 Å². The smallest absolute Gasteiger partial charge is 0.326 e. The molecular weight excluding hydrogens is 355 g/mol. The fourth-order valence-corrected chi connectivity index (χ4v) is 2.21. The van der Waals surface area contributed by atoms with Crippen LogP contribution >= 0.6 is 23.2 Å². The first kappa shape index (κ1) is 16.2. The van der Waals surface area contributed by atoms with Crippen molar-refractivity contribution in [3.8, 4) is 23.5 Å². The van der Waals surface area contributed by atoms with Gasteiger partial charge in [-0.2, -0.15) is 9.97 Å². The van der Waals surface area contributed by atoms with Crippen molar-refractivity contribution in [2.45, 2.75) is 6.92 Å². The highest BCUT2D eigenvalue weighted by Crippen LogP contribution is 2.31. The second-order valence-electron chi connectivity index (χ2n) is 4.67. The van der Waals surface area contributed by atoms with Gasteiger partial charge in [-0.3, -0.25) is 4.79 Å². The van der Waals surface area contributed by atoms with Crippen LogP contribution in [0.5, 0.6) is 23.5 Å². The van der Waals surface area contributed by atoms with E-state index >= 15 is 0 Å². The molecule has 1 aromatic carbocycles. The van der Waals surface area contributed by atoms with E-state index in [0.29, 0.717) is 21.5 Å². The maximum atomic E-state index is 11.0. The van der Waals surface area contributed by atoms with Crippen molar-refractivity contribution in [2.24, 2.45) is 0 Å². The third-order valence-electron chi connectivity index (χ3n) is 2.77. The van der Waals surface area contributed by atoms with Gasteiger partial charge in [0.2, 0.25) is 11.8 Å². The SMILES string of the molecule is Cc1cc(Oc2ccc(Cl)cc2Cl)nc(Oc2ccc(=O)[nH]n2)n1. The van der Waals surface area contributed by atoms with E-state index in [0.717, 1.165) is 0 Å². The lowest BCUT2D eigenvalue weighted by Crippen LogP contribution is -2.06. The van der Waals surface area contributed by atoms with Crippen LogP contribution in [0.1, 0.15) is 5.69 Å². The van der Waals surface area contributed by atoms with Gasteiger partial charge in [-0.05, 0) is 25.1 Å². The number of ether oxygens (including phenoxy) is 2. The van der Waals surface area contributed by atoms with Crippen LogP contribution in [0, 0.1) is 6.92 Å². The van der Waals surface area contributed by atoms with Crippen LogP contribution < -0.4 is 15.0 Å². The van der Waals surface area contributed by atoms with Crippen molar-refractivity contribution >= 4 is 23.2 Å². The number of aromatic nitrogens is 4. The topological polar surface area (TPSA) is 90.0 Å². The molecule has 3 aromatic rings. The summed E-state index contributed by atoms with van der Waals surface area (Å²) in [4.78, 5) is 19.3. The summed E-state index contributed by atoms with van der Waals surface area (Å²) in [6.07, 6.45) is 0. The zero-order valence-electron chi connectivity index (χ0n) is 12.3. The molecule has 0 aliphatic carbocycles. The molecule has 1 N–H and O–H groups in total. The summed E-state index contributed by atoms with van der Waals surface area (Å²) in [6, 6.07) is 9.18. The average molecular weight is 365 g/mol. The first-order chi connectivity index (χ1) is 11.5. The van der Waals surface area contributed by atoms with Crippen LogP contribution in [0.15, 0.2) is 41.2 Å². The molecule has 122 valence electrons. The molecule has 0 atom stereocenters. The summed E-state index contributed by atoms with van der Waals surface area (Å²) in [6.45, 7) is 1.76. The first-order valence-electron chi connectivity index (χ1n) is 6.72. The lowest BCUT2D eigenvalue weighted by atomic mass is 10.3. The molecule has 0 bridgehead atoms. The van der Waals surface area contributed by atoms with Gasteiger partial charge < -0.3 is 9.47 Å². The highest BCUT2D eigenvalue weighted by molar-refractivity contribution is 6.35. The zero-order valence-corrected chi connectivity index (χ0v) is 13.8. The predicted octanol–water partition coefficient (Wildman–Crippen LogP) is 3.76. The summed E-state index contributed by atoms with van der Waals surface area (Å²) in [5, 5.41) is 6.83. The predicted molar refractivity (Wildman–Crippen MR) is 88.2 cm³/mol. The highest BCUT2D eigenvalue weighted by atomic mass is 35.5. The molecule has 7 nitrogen and oxygen atoms in total. The largest absolute Gasteiger partial charge is 0.437 e. The molecule has 0 aliphatic rings. The van der Waals surface area contributed by atoms with Gasteiger partial charge in [0.15, 0.2) is 0 Å². The molecule has 0 saturated carbocycles. The van der Waals surface area contributed by atoms with Crippen LogP contribution in [0.2, 0.25) is 10.0 Å². The Morgan fingerprint density at radius 3 is 2.54 bits per heavy atom. The number of hydrogen-bond donors (Lipinski definition) is 1. The van der Waals surface area contributed by atoms with Crippen molar-refractivity contribution < 1.29 is 9.47 Å². The van der Waals surface area contributed by atoms with Gasteiger partial charge in [0.25, 0.3) is 5.56 Å². The molecule has 0 spiro atoms. The number of nitrogens with one attached hydrogen (secondary N) is 1. The van der Waals surface area contributed by atoms with Gasteiger partial charge in [0, 0.05) is 28.9 Å². The third-order valence-corrected chi connectivity index (χ3v) is 3.30. The Morgan fingerprint density at radius 2 is 1.83 bits per heavy atom. The fourth-order valence-electron chi connectivity index (χ4n) is 1.76. The number of halogens is 2. The quantitative estimate of drug-likeness (QED) is 0.757. The normalized spacial score (nSPS) is 10.5. The zero-order chi connectivity index (χ0) is 17.1. The fraction of sp³-hybridized carbons (Fsp3) is 0.0667. The summed E-state index contributed by atoms with van der Waals surface area (Å²) >= 11 is 11.9. The lowest BCUT2D eigenvalue weighted by molar-refractivity contribution is 0.395. The summed E-state index contributed by atoms with van der Waals surface area (Å²) in [5.41, 5.74) is 0.276. The average Bonchev–Trinajstić information content (AvgIpc) is 2.52. The molecule has 24 heavy (non-hydrogen) atoms. The van der Waals surface area contributed by atoms with Crippen molar-refractivity contribution in [2.75, 3.05) is 0 Å². The van der Waals surface area contributed by atoms with Crippen molar-refractivity contribution in [3.63, 3.8) is 0 Å². The summed E-state index contributed by atoms with van der Waals surface area (Å²) in [5.74, 6) is 0.786. The second kappa shape index (κ2) is 6.86. The Morgan fingerprint density at radius 1 is 1.00 bits per heavy atom. The Bertz CT molecular complexity index is 926. The number of nitrogens with zero attached hydrogens (tertiary/aromatic N) is 3. The van der Waals surface area contributed by atoms with Crippen molar-refractivity contribution in [3.05, 3.63) is 62.5 Å². The van der Waals surface area contributed by atoms with Gasteiger partial charge in [-0.15, -0.1) is 5.10 Å². The van der Waals surface area contributed by atoms with E-state index < -0.39 is 0 Å². The number of hydrogen-bond acceptors (Lipinski definition) is 6.